The molecular formula is C6H10IY-2. The zero-order chi connectivity index (χ0) is 6.83. The van der Waals surface area contributed by atoms with Crippen LogP contribution in [0.2, 0.25) is 0 Å². The molecule has 0 fully saturated rings. The second-order valence-corrected chi connectivity index (χ2v) is 0.911. The van der Waals surface area contributed by atoms with Crippen molar-refractivity contribution in [2.75, 3.05) is 0 Å². The Balaban J connectivity index is 0. The van der Waals surface area contributed by atoms with Crippen molar-refractivity contribution in [3.63, 3.8) is 0 Å². The molecule has 2 heteroatoms. The monoisotopic (exact) mass is 298 g/mol. The minimum absolute atomic E-state index is 0.920. The van der Waals surface area contributed by atoms with E-state index in [-0.39, 0.29) is 0 Å². The van der Waals surface area contributed by atoms with Gasteiger partial charge >= 0.3 is 42.5 Å². The summed E-state index contributed by atoms with van der Waals surface area (Å²) in [5.41, 5.74) is 0. The fourth-order valence-electron chi connectivity index (χ4n) is 0.167. The molecule has 0 saturated heterocycles. The van der Waals surface area contributed by atoms with Gasteiger partial charge in [-0.25, -0.2) is 0 Å². The van der Waals surface area contributed by atoms with Crippen LogP contribution in [0.25, 0.3) is 0 Å². The van der Waals surface area contributed by atoms with E-state index in [2.05, 4.69) is 28.5 Å². The van der Waals surface area contributed by atoms with Gasteiger partial charge in [0.05, 0.1) is 0 Å². The van der Waals surface area contributed by atoms with Crippen molar-refractivity contribution < 1.29 is 26.2 Å². The van der Waals surface area contributed by atoms with Crippen molar-refractivity contribution in [1.82, 2.24) is 0 Å². The van der Waals surface area contributed by atoms with Gasteiger partial charge in [0.15, 0.2) is 0 Å². The van der Waals surface area contributed by atoms with E-state index in [0.717, 1.165) is 26.2 Å². The van der Waals surface area contributed by atoms with Gasteiger partial charge in [0.25, 0.3) is 0 Å². The zero-order valence-electron chi connectivity index (χ0n) is 5.53. The van der Waals surface area contributed by atoms with Gasteiger partial charge in [0, 0.05) is 0 Å². The molecule has 0 spiro atoms. The third-order valence-electron chi connectivity index (χ3n) is 0.417. The summed E-state index contributed by atoms with van der Waals surface area (Å²) >= 11 is 3.28. The van der Waals surface area contributed by atoms with Crippen LogP contribution in [0.1, 0.15) is 13.8 Å². The molecule has 0 aliphatic carbocycles. The summed E-state index contributed by atoms with van der Waals surface area (Å²) in [6.07, 6.45) is 9.29. The van der Waals surface area contributed by atoms with Gasteiger partial charge in [-0.05, 0) is 0 Å². The molecule has 46 valence electrons. The molecule has 0 aliphatic rings. The summed E-state index contributed by atoms with van der Waals surface area (Å²) in [5.74, 6) is 0. The van der Waals surface area contributed by atoms with Gasteiger partial charge in [-0.1, -0.05) is 0 Å². The molecule has 0 bridgehead atoms. The Hall–Kier alpha value is 1.31. The first-order valence-electron chi connectivity index (χ1n) is 2.29. The van der Waals surface area contributed by atoms with Crippen molar-refractivity contribution in [1.29, 1.82) is 0 Å². The molecule has 0 amide bonds. The summed E-state index contributed by atoms with van der Waals surface area (Å²) < 4.78 is 0. The van der Waals surface area contributed by atoms with Crippen LogP contribution in [-0.4, -0.2) is 0 Å². The van der Waals surface area contributed by atoms with Crippen LogP contribution < -0.4 is 0 Å². The van der Waals surface area contributed by atoms with Crippen LogP contribution in [0.5, 0.6) is 0 Å². The van der Waals surface area contributed by atoms with Crippen molar-refractivity contribution in [2.45, 2.75) is 13.8 Å². The Morgan fingerprint density at radius 3 is 1.50 bits per heavy atom. The van der Waals surface area contributed by atoms with Crippen LogP contribution in [-0.2, 0) is 26.2 Å². The van der Waals surface area contributed by atoms with Crippen molar-refractivity contribution in [3.05, 3.63) is 24.3 Å². The van der Waals surface area contributed by atoms with E-state index in [9.17, 15) is 0 Å². The molecule has 0 rings (SSSR count). The summed E-state index contributed by atoms with van der Waals surface area (Å²) in [7, 11) is 0. The Labute approximate surface area is 79.5 Å². The van der Waals surface area contributed by atoms with Crippen molar-refractivity contribution >= 4 is 16.3 Å². The van der Waals surface area contributed by atoms with Crippen LogP contribution in [0.15, 0.2) is 12.2 Å². The SMILES string of the molecule is C[C-]=CC=[C-]C.[YH2][I]. The molecule has 0 heterocycles. The van der Waals surface area contributed by atoms with Gasteiger partial charge in [0.1, 0.15) is 0 Å². The normalized spacial score (nSPS) is 9.38. The Morgan fingerprint density at radius 1 is 1.12 bits per heavy atom. The zero-order valence-corrected chi connectivity index (χ0v) is 12.6. The maximum absolute atomic E-state index is 2.83. The number of hydrogen-bond acceptors (Lipinski definition) is 0. The molecule has 0 aromatic rings. The predicted octanol–water partition coefficient (Wildman–Crippen LogP) is 2.09. The molecule has 0 nitrogen and oxygen atoms in total. The molecule has 0 N–H and O–H groups in total. The third kappa shape index (κ3) is 15.7. The number of halogens is 1. The second-order valence-electron chi connectivity index (χ2n) is 0.911. The Kier molecular flexibility index (Phi) is 23.7. The molecule has 0 aromatic heterocycles. The average molecular weight is 298 g/mol. The average Bonchev–Trinajstić information content (AvgIpc) is 1.88. The molecule has 0 radical (unpaired) electrons. The van der Waals surface area contributed by atoms with E-state index in [0.29, 0.717) is 0 Å². The maximum atomic E-state index is 2.83. The summed E-state index contributed by atoms with van der Waals surface area (Å²) in [5, 5.41) is 0. The Morgan fingerprint density at radius 2 is 1.38 bits per heavy atom. The molecule has 0 atom stereocenters. The number of rotatable bonds is 1. The van der Waals surface area contributed by atoms with E-state index in [4.69, 9.17) is 0 Å². The standard InChI is InChI=1S/C6H8.HI.Y.2H/c1-3-5-6-4-2;;;;/h5-6H,1-2H3;1H;;;/q-2;;+1;;/p-1. The van der Waals surface area contributed by atoms with Crippen LogP contribution in [0, 0.1) is 12.2 Å². The third-order valence-corrected chi connectivity index (χ3v) is 0.417. The molecule has 0 aromatic carbocycles. The first-order chi connectivity index (χ1) is 3.91. The van der Waals surface area contributed by atoms with E-state index in [1.165, 1.54) is 0 Å². The Bertz CT molecular complexity index is 56.9. The van der Waals surface area contributed by atoms with Crippen molar-refractivity contribution in [3.8, 4) is 0 Å². The minimum atomic E-state index is 0.920. The van der Waals surface area contributed by atoms with E-state index in [1.54, 1.807) is 0 Å². The fraction of sp³-hybridized carbons (Fsp3) is 0.333. The van der Waals surface area contributed by atoms with Gasteiger partial charge in [0.2, 0.25) is 0 Å². The fourth-order valence-corrected chi connectivity index (χ4v) is 0.167. The summed E-state index contributed by atoms with van der Waals surface area (Å²) in [6.45, 7) is 3.71. The summed E-state index contributed by atoms with van der Waals surface area (Å²) in [4.78, 5) is 0. The number of allylic oxidation sites excluding steroid dienone is 4. The van der Waals surface area contributed by atoms with Gasteiger partial charge in [-0.15, -0.1) is 13.8 Å². The summed E-state index contributed by atoms with van der Waals surface area (Å²) in [6, 6.07) is 0. The van der Waals surface area contributed by atoms with E-state index < -0.39 is 0 Å². The van der Waals surface area contributed by atoms with E-state index >= 15 is 0 Å². The topological polar surface area (TPSA) is 0 Å². The first-order valence-corrected chi connectivity index (χ1v) is 16.9. The van der Waals surface area contributed by atoms with Gasteiger partial charge in [-0.2, -0.15) is 0 Å². The molecule has 0 saturated carbocycles. The van der Waals surface area contributed by atoms with Crippen molar-refractivity contribution in [2.24, 2.45) is 0 Å². The molecular weight excluding hydrogens is 288 g/mol. The molecule has 0 unspecified atom stereocenters. The van der Waals surface area contributed by atoms with E-state index in [1.807, 2.05) is 26.0 Å². The number of hydrogen-bond donors (Lipinski definition) is 0. The van der Waals surface area contributed by atoms with Gasteiger partial charge < -0.3 is 24.3 Å². The second kappa shape index (κ2) is 15.7. The van der Waals surface area contributed by atoms with Crippen LogP contribution in [0.4, 0.5) is 0 Å². The quantitative estimate of drug-likeness (QED) is 0.395. The van der Waals surface area contributed by atoms with Crippen LogP contribution >= 0.6 is 16.3 Å². The first kappa shape index (κ1) is 12.0. The molecule has 0 aliphatic heterocycles. The molecule has 8 heavy (non-hydrogen) atoms. The predicted molar refractivity (Wildman–Crippen MR) is 43.8 cm³/mol. The van der Waals surface area contributed by atoms with Gasteiger partial charge in [-0.3, -0.25) is 0 Å². The van der Waals surface area contributed by atoms with Crippen LogP contribution in [0.3, 0.4) is 0 Å².